The summed E-state index contributed by atoms with van der Waals surface area (Å²) in [5.74, 6) is 1.36. The van der Waals surface area contributed by atoms with Crippen molar-refractivity contribution >= 4 is 22.5 Å². The van der Waals surface area contributed by atoms with Crippen LogP contribution in [0.3, 0.4) is 0 Å². The normalized spacial score (nSPS) is 11.1. The van der Waals surface area contributed by atoms with Crippen LogP contribution in [0.25, 0.3) is 22.6 Å². The number of aryl methyl sites for hydroxylation is 1. The molecule has 10 heteroatoms. The van der Waals surface area contributed by atoms with Crippen LogP contribution in [0.5, 0.6) is 11.5 Å². The number of nitrogens with one attached hydrogen (secondary N) is 1. The van der Waals surface area contributed by atoms with Crippen molar-refractivity contribution in [1.82, 2.24) is 24.8 Å². The molecule has 29 heavy (non-hydrogen) atoms. The third kappa shape index (κ3) is 3.40. The lowest BCUT2D eigenvalue weighted by Gasteiger charge is -2.11. The summed E-state index contributed by atoms with van der Waals surface area (Å²) in [6.07, 6.45) is 4.20. The fourth-order valence-corrected chi connectivity index (χ4v) is 3.28. The topological polar surface area (TPSA) is 137 Å². The van der Waals surface area contributed by atoms with Crippen molar-refractivity contribution in [3.63, 3.8) is 0 Å². The van der Waals surface area contributed by atoms with Crippen LogP contribution >= 0.6 is 0 Å². The molecule has 4 aromatic rings. The Kier molecular flexibility index (Phi) is 4.90. The van der Waals surface area contributed by atoms with Crippen molar-refractivity contribution in [2.24, 2.45) is 0 Å². The average Bonchev–Trinajstić information content (AvgIpc) is 3.32. The van der Waals surface area contributed by atoms with E-state index in [1.54, 1.807) is 18.5 Å². The molecular weight excluding hydrogens is 374 g/mol. The maximum absolute atomic E-state index is 9.73. The second-order valence-electron chi connectivity index (χ2n) is 6.42. The van der Waals surface area contributed by atoms with Gasteiger partial charge >= 0.3 is 0 Å². The summed E-state index contributed by atoms with van der Waals surface area (Å²) in [5.41, 5.74) is 9.78. The highest BCUT2D eigenvalue weighted by atomic mass is 16.6. The lowest BCUT2D eigenvalue weighted by Crippen LogP contribution is -2.08. The lowest BCUT2D eigenvalue weighted by atomic mass is 10.1. The van der Waals surface area contributed by atoms with Gasteiger partial charge in [0, 0.05) is 13.1 Å². The summed E-state index contributed by atoms with van der Waals surface area (Å²) in [4.78, 5) is 8.91. The number of aromatic hydroxyl groups is 1. The first-order valence-corrected chi connectivity index (χ1v) is 9.14. The minimum absolute atomic E-state index is 0.124. The molecule has 0 radical (unpaired) electrons. The number of rotatable bonds is 7. The minimum atomic E-state index is 0.124. The predicted molar refractivity (Wildman–Crippen MR) is 108 cm³/mol. The van der Waals surface area contributed by atoms with Crippen LogP contribution in [0, 0.1) is 0 Å². The van der Waals surface area contributed by atoms with E-state index in [-0.39, 0.29) is 11.6 Å². The number of hydrogen-bond acceptors (Lipinski definition) is 9. The number of phenols is 1. The molecule has 0 amide bonds. The van der Waals surface area contributed by atoms with Gasteiger partial charge in [-0.3, -0.25) is 4.98 Å². The quantitative estimate of drug-likeness (QED) is 0.431. The Labute approximate surface area is 166 Å². The maximum Gasteiger partial charge on any atom is 0.199 e. The van der Waals surface area contributed by atoms with Gasteiger partial charge in [-0.2, -0.15) is 0 Å². The van der Waals surface area contributed by atoms with Gasteiger partial charge < -0.3 is 25.5 Å². The van der Waals surface area contributed by atoms with E-state index in [0.717, 1.165) is 28.7 Å². The molecule has 0 saturated heterocycles. The number of benzene rings is 1. The Morgan fingerprint density at radius 2 is 2.14 bits per heavy atom. The zero-order valence-corrected chi connectivity index (χ0v) is 16.1. The van der Waals surface area contributed by atoms with Crippen LogP contribution in [-0.4, -0.2) is 43.6 Å². The number of methoxy groups -OCH3 is 1. The first-order valence-electron chi connectivity index (χ1n) is 9.14. The van der Waals surface area contributed by atoms with Crippen LogP contribution < -0.4 is 15.8 Å². The van der Waals surface area contributed by atoms with E-state index < -0.39 is 0 Å². The molecule has 0 aliphatic heterocycles. The molecule has 0 unspecified atom stereocenters. The van der Waals surface area contributed by atoms with Gasteiger partial charge in [0.15, 0.2) is 28.8 Å². The van der Waals surface area contributed by atoms with Gasteiger partial charge in [0.1, 0.15) is 5.52 Å². The van der Waals surface area contributed by atoms with E-state index in [1.807, 2.05) is 23.6 Å². The Bertz CT molecular complexity index is 1150. The first-order chi connectivity index (χ1) is 14.1. The molecule has 0 saturated carbocycles. The number of phenolic OH excluding ortho intramolecular Hbond substituents is 1. The zero-order valence-electron chi connectivity index (χ0n) is 16.1. The molecular formula is C19H21N7O3. The minimum Gasteiger partial charge on any atom is -0.504 e. The summed E-state index contributed by atoms with van der Waals surface area (Å²) in [6, 6.07) is 5.32. The largest absolute Gasteiger partial charge is 0.504 e. The van der Waals surface area contributed by atoms with Crippen LogP contribution in [0.15, 0.2) is 35.2 Å². The molecule has 4 N–H and O–H groups in total. The third-order valence-corrected chi connectivity index (χ3v) is 4.67. The van der Waals surface area contributed by atoms with Crippen LogP contribution in [-0.2, 0) is 13.0 Å². The highest BCUT2D eigenvalue weighted by Gasteiger charge is 2.20. The molecule has 0 bridgehead atoms. The highest BCUT2D eigenvalue weighted by Crippen LogP contribution is 2.30. The molecule has 3 heterocycles. The molecule has 3 aromatic heterocycles. The first kappa shape index (κ1) is 18.5. The lowest BCUT2D eigenvalue weighted by molar-refractivity contribution is 0.310. The number of nitrogen functional groups attached to an aromatic ring is 1. The number of pyridine rings is 1. The van der Waals surface area contributed by atoms with Crippen molar-refractivity contribution in [1.29, 1.82) is 0 Å². The zero-order chi connectivity index (χ0) is 20.4. The molecule has 10 nitrogen and oxygen atoms in total. The predicted octanol–water partition coefficient (Wildman–Crippen LogP) is 2.45. The van der Waals surface area contributed by atoms with Crippen molar-refractivity contribution in [3.8, 4) is 23.0 Å². The second kappa shape index (κ2) is 7.66. The molecule has 4 rings (SSSR count). The number of nitrogens with zero attached hydrogens (tertiary/aromatic N) is 5. The summed E-state index contributed by atoms with van der Waals surface area (Å²) in [5, 5.41) is 20.7. The van der Waals surface area contributed by atoms with E-state index >= 15 is 0 Å². The van der Waals surface area contributed by atoms with Crippen molar-refractivity contribution in [2.75, 3.05) is 24.7 Å². The smallest absolute Gasteiger partial charge is 0.199 e. The van der Waals surface area contributed by atoms with E-state index in [2.05, 4.69) is 25.6 Å². The number of fused-ring (bicyclic) bond motifs is 1. The number of ether oxygens (including phenoxy) is 1. The van der Waals surface area contributed by atoms with Crippen LogP contribution in [0.2, 0.25) is 0 Å². The average molecular weight is 395 g/mol. The molecule has 0 aliphatic carbocycles. The molecule has 0 atom stereocenters. The fraction of sp³-hybridized carbons (Fsp3) is 0.263. The summed E-state index contributed by atoms with van der Waals surface area (Å²) < 4.78 is 11.9. The number of hydrogen-bond donors (Lipinski definition) is 3. The molecule has 1 aromatic carbocycles. The maximum atomic E-state index is 9.73. The van der Waals surface area contributed by atoms with Gasteiger partial charge in [0.2, 0.25) is 0 Å². The van der Waals surface area contributed by atoms with E-state index in [0.29, 0.717) is 30.4 Å². The molecule has 150 valence electrons. The van der Waals surface area contributed by atoms with Gasteiger partial charge in [-0.25, -0.2) is 9.61 Å². The summed E-state index contributed by atoms with van der Waals surface area (Å²) in [6.45, 7) is 3.33. The SMILES string of the molecule is CCn1c(-c2nonc2N)nc2cncc(NCCc3ccc(O)c(OC)c3)c21. The molecule has 0 spiro atoms. The Morgan fingerprint density at radius 1 is 1.28 bits per heavy atom. The van der Waals surface area contributed by atoms with Crippen molar-refractivity contribution < 1.29 is 14.5 Å². The Morgan fingerprint density at radius 3 is 2.86 bits per heavy atom. The van der Waals surface area contributed by atoms with Gasteiger partial charge in [0.05, 0.1) is 30.7 Å². The van der Waals surface area contributed by atoms with Gasteiger partial charge in [0.25, 0.3) is 0 Å². The van der Waals surface area contributed by atoms with E-state index in [4.69, 9.17) is 15.1 Å². The van der Waals surface area contributed by atoms with E-state index in [9.17, 15) is 5.11 Å². The number of imidazole rings is 1. The second-order valence-corrected chi connectivity index (χ2v) is 6.42. The van der Waals surface area contributed by atoms with E-state index in [1.165, 1.54) is 7.11 Å². The number of aromatic nitrogens is 5. The summed E-state index contributed by atoms with van der Waals surface area (Å²) >= 11 is 0. The highest BCUT2D eigenvalue weighted by molar-refractivity contribution is 5.90. The number of anilines is 2. The van der Waals surface area contributed by atoms with Gasteiger partial charge in [-0.1, -0.05) is 6.07 Å². The van der Waals surface area contributed by atoms with Gasteiger partial charge in [-0.05, 0) is 41.4 Å². The summed E-state index contributed by atoms with van der Waals surface area (Å²) in [7, 11) is 1.53. The monoisotopic (exact) mass is 395 g/mol. The fourth-order valence-electron chi connectivity index (χ4n) is 3.28. The van der Waals surface area contributed by atoms with Crippen LogP contribution in [0.4, 0.5) is 11.5 Å². The van der Waals surface area contributed by atoms with Crippen molar-refractivity contribution in [3.05, 3.63) is 36.2 Å². The Balaban J connectivity index is 1.61. The Hall–Kier alpha value is -3.82. The standard InChI is InChI=1S/C19H21N7O3/c1-3-26-17-12(22-7-6-11-4-5-14(27)15(8-11)28-2)9-21-10-13(17)23-19(26)16-18(20)25-29-24-16/h4-5,8-10,22,27H,3,6-7H2,1-2H3,(H2,20,25). The third-order valence-electron chi connectivity index (χ3n) is 4.67. The van der Waals surface area contributed by atoms with Crippen molar-refractivity contribution in [2.45, 2.75) is 19.9 Å². The molecule has 0 aliphatic rings. The van der Waals surface area contributed by atoms with Crippen LogP contribution in [0.1, 0.15) is 12.5 Å². The molecule has 0 fully saturated rings. The number of nitrogens with two attached hydrogens (primary N) is 1. The van der Waals surface area contributed by atoms with Gasteiger partial charge in [-0.15, -0.1) is 0 Å².